The lowest BCUT2D eigenvalue weighted by Crippen LogP contribution is -2.44. The molecule has 1 atom stereocenters. The lowest BCUT2D eigenvalue weighted by molar-refractivity contribution is 0.480. The third-order valence-electron chi connectivity index (χ3n) is 3.98. The Morgan fingerprint density at radius 3 is 2.70 bits per heavy atom. The maximum atomic E-state index is 4.41. The van der Waals surface area contributed by atoms with Crippen LogP contribution in [0.3, 0.4) is 0 Å². The van der Waals surface area contributed by atoms with Crippen molar-refractivity contribution in [1.29, 1.82) is 0 Å². The minimum absolute atomic E-state index is 0. The fourth-order valence-electron chi connectivity index (χ4n) is 2.22. The van der Waals surface area contributed by atoms with Crippen LogP contribution in [0.2, 0.25) is 0 Å². The number of fused-ring (bicyclic) bond motifs is 1. The first-order valence-electron chi connectivity index (χ1n) is 7.99. The van der Waals surface area contributed by atoms with Crippen molar-refractivity contribution in [1.82, 2.24) is 20.2 Å². The highest BCUT2D eigenvalue weighted by atomic mass is 127. The molecule has 1 heterocycles. The summed E-state index contributed by atoms with van der Waals surface area (Å²) in [6.07, 6.45) is 2.94. The minimum atomic E-state index is 0. The Labute approximate surface area is 156 Å². The number of aryl methyl sites for hydroxylation is 1. The zero-order valence-corrected chi connectivity index (χ0v) is 16.7. The predicted octanol–water partition coefficient (Wildman–Crippen LogP) is 3.25. The summed E-state index contributed by atoms with van der Waals surface area (Å²) in [5, 5.41) is 6.78. The van der Waals surface area contributed by atoms with Gasteiger partial charge in [0.2, 0.25) is 0 Å². The molecule has 2 N–H and O–H groups in total. The summed E-state index contributed by atoms with van der Waals surface area (Å²) in [6, 6.07) is 8.64. The maximum Gasteiger partial charge on any atom is 0.191 e. The summed E-state index contributed by atoms with van der Waals surface area (Å²) in [7, 11) is 1.81. The van der Waals surface area contributed by atoms with Crippen LogP contribution in [-0.2, 0) is 6.54 Å². The zero-order valence-electron chi connectivity index (χ0n) is 14.4. The molecular formula is C17H28IN5. The van der Waals surface area contributed by atoms with Crippen LogP contribution in [0.5, 0.6) is 0 Å². The van der Waals surface area contributed by atoms with Gasteiger partial charge in [-0.2, -0.15) is 0 Å². The SMILES string of the molecule is CN=C(NCCCn1cnc2ccccc21)NC(C)C(C)C.I. The molecule has 0 aliphatic heterocycles. The molecule has 0 aliphatic rings. The highest BCUT2D eigenvalue weighted by molar-refractivity contribution is 14.0. The largest absolute Gasteiger partial charge is 0.356 e. The molecule has 1 aromatic carbocycles. The highest BCUT2D eigenvalue weighted by Gasteiger charge is 2.08. The standard InChI is InChI=1S/C17H27N5.HI/c1-13(2)14(3)21-17(18-4)19-10-7-11-22-12-20-15-8-5-6-9-16(15)22;/h5-6,8-9,12-14H,7,10-11H2,1-4H3,(H2,18,19,21);1H. The molecule has 0 aliphatic carbocycles. The van der Waals surface area contributed by atoms with E-state index in [0.29, 0.717) is 12.0 Å². The van der Waals surface area contributed by atoms with E-state index in [1.165, 1.54) is 5.52 Å². The van der Waals surface area contributed by atoms with Crippen molar-refractivity contribution in [3.05, 3.63) is 30.6 Å². The molecule has 23 heavy (non-hydrogen) atoms. The molecule has 0 amide bonds. The van der Waals surface area contributed by atoms with E-state index in [2.05, 4.69) is 58.1 Å². The van der Waals surface area contributed by atoms with Crippen LogP contribution >= 0.6 is 24.0 Å². The van der Waals surface area contributed by atoms with Crippen LogP contribution in [0.15, 0.2) is 35.6 Å². The number of aromatic nitrogens is 2. The number of hydrogen-bond acceptors (Lipinski definition) is 2. The summed E-state index contributed by atoms with van der Waals surface area (Å²) >= 11 is 0. The Hall–Kier alpha value is -1.31. The van der Waals surface area contributed by atoms with E-state index in [0.717, 1.165) is 31.0 Å². The third-order valence-corrected chi connectivity index (χ3v) is 3.98. The molecule has 0 saturated carbocycles. The Kier molecular flexibility index (Phi) is 8.36. The summed E-state index contributed by atoms with van der Waals surface area (Å²) in [4.78, 5) is 8.68. The quantitative estimate of drug-likeness (QED) is 0.321. The van der Waals surface area contributed by atoms with E-state index < -0.39 is 0 Å². The van der Waals surface area contributed by atoms with E-state index in [9.17, 15) is 0 Å². The van der Waals surface area contributed by atoms with Crippen molar-refractivity contribution in [3.63, 3.8) is 0 Å². The summed E-state index contributed by atoms with van der Waals surface area (Å²) < 4.78 is 2.20. The number of nitrogens with zero attached hydrogens (tertiary/aromatic N) is 3. The van der Waals surface area contributed by atoms with Crippen molar-refractivity contribution in [2.75, 3.05) is 13.6 Å². The van der Waals surface area contributed by atoms with Crippen molar-refractivity contribution in [3.8, 4) is 0 Å². The Morgan fingerprint density at radius 1 is 1.26 bits per heavy atom. The molecule has 0 radical (unpaired) electrons. The van der Waals surface area contributed by atoms with Crippen LogP contribution in [0.25, 0.3) is 11.0 Å². The number of hydrogen-bond donors (Lipinski definition) is 2. The van der Waals surface area contributed by atoms with Gasteiger partial charge in [-0.1, -0.05) is 26.0 Å². The van der Waals surface area contributed by atoms with Gasteiger partial charge in [0, 0.05) is 26.2 Å². The number of benzene rings is 1. The summed E-state index contributed by atoms with van der Waals surface area (Å²) in [5.41, 5.74) is 2.25. The first-order chi connectivity index (χ1) is 10.6. The molecule has 0 bridgehead atoms. The smallest absolute Gasteiger partial charge is 0.191 e. The van der Waals surface area contributed by atoms with Gasteiger partial charge in [-0.25, -0.2) is 4.98 Å². The Balaban J connectivity index is 0.00000264. The van der Waals surface area contributed by atoms with Crippen molar-refractivity contribution in [2.45, 2.75) is 39.8 Å². The molecule has 6 heteroatoms. The van der Waals surface area contributed by atoms with Gasteiger partial charge in [-0.15, -0.1) is 24.0 Å². The second-order valence-corrected chi connectivity index (χ2v) is 5.96. The molecule has 0 fully saturated rings. The summed E-state index contributed by atoms with van der Waals surface area (Å²) in [5.74, 6) is 1.45. The average Bonchev–Trinajstić information content (AvgIpc) is 2.93. The van der Waals surface area contributed by atoms with Gasteiger partial charge in [0.05, 0.1) is 17.4 Å². The molecule has 2 aromatic rings. The lowest BCUT2D eigenvalue weighted by atomic mass is 10.1. The fraction of sp³-hybridized carbons (Fsp3) is 0.529. The van der Waals surface area contributed by atoms with Crippen LogP contribution in [0.1, 0.15) is 27.2 Å². The fourth-order valence-corrected chi connectivity index (χ4v) is 2.22. The van der Waals surface area contributed by atoms with Crippen molar-refractivity contribution < 1.29 is 0 Å². The Morgan fingerprint density at radius 2 is 2.00 bits per heavy atom. The number of rotatable bonds is 6. The van der Waals surface area contributed by atoms with E-state index >= 15 is 0 Å². The van der Waals surface area contributed by atoms with Gasteiger partial charge in [0.15, 0.2) is 5.96 Å². The molecule has 0 saturated heterocycles. The predicted molar refractivity (Wildman–Crippen MR) is 109 cm³/mol. The van der Waals surface area contributed by atoms with Crippen molar-refractivity contribution >= 4 is 41.0 Å². The monoisotopic (exact) mass is 429 g/mol. The molecule has 2 rings (SSSR count). The number of halogens is 1. The van der Waals surface area contributed by atoms with Gasteiger partial charge < -0.3 is 15.2 Å². The first-order valence-corrected chi connectivity index (χ1v) is 7.99. The molecule has 1 aromatic heterocycles. The average molecular weight is 429 g/mol. The van der Waals surface area contributed by atoms with Crippen LogP contribution < -0.4 is 10.6 Å². The van der Waals surface area contributed by atoms with E-state index in [1.54, 1.807) is 0 Å². The highest BCUT2D eigenvalue weighted by Crippen LogP contribution is 2.11. The number of nitrogens with one attached hydrogen (secondary N) is 2. The molecule has 128 valence electrons. The second-order valence-electron chi connectivity index (χ2n) is 5.96. The topological polar surface area (TPSA) is 54.2 Å². The summed E-state index contributed by atoms with van der Waals surface area (Å²) in [6.45, 7) is 8.42. The number of guanidine groups is 1. The van der Waals surface area contributed by atoms with Crippen LogP contribution in [0, 0.1) is 5.92 Å². The van der Waals surface area contributed by atoms with E-state index in [-0.39, 0.29) is 24.0 Å². The number of aliphatic imine (C=N–C) groups is 1. The van der Waals surface area contributed by atoms with E-state index in [1.807, 2.05) is 25.5 Å². The molecule has 1 unspecified atom stereocenters. The first kappa shape index (κ1) is 19.7. The van der Waals surface area contributed by atoms with Gasteiger partial charge in [-0.3, -0.25) is 4.99 Å². The number of imidazole rings is 1. The number of para-hydroxylation sites is 2. The maximum absolute atomic E-state index is 4.41. The second kappa shape index (κ2) is 9.75. The molecule has 5 nitrogen and oxygen atoms in total. The zero-order chi connectivity index (χ0) is 15.9. The normalized spacial score (nSPS) is 13.0. The lowest BCUT2D eigenvalue weighted by Gasteiger charge is -2.20. The van der Waals surface area contributed by atoms with Gasteiger partial charge in [0.25, 0.3) is 0 Å². The minimum Gasteiger partial charge on any atom is -0.356 e. The van der Waals surface area contributed by atoms with Crippen LogP contribution in [0.4, 0.5) is 0 Å². The van der Waals surface area contributed by atoms with Gasteiger partial charge >= 0.3 is 0 Å². The van der Waals surface area contributed by atoms with Gasteiger partial charge in [0.1, 0.15) is 0 Å². The van der Waals surface area contributed by atoms with E-state index in [4.69, 9.17) is 0 Å². The molecule has 0 spiro atoms. The Bertz CT molecular complexity index is 620. The van der Waals surface area contributed by atoms with Crippen LogP contribution in [-0.4, -0.2) is 35.1 Å². The molecular weight excluding hydrogens is 401 g/mol. The van der Waals surface area contributed by atoms with Crippen molar-refractivity contribution in [2.24, 2.45) is 10.9 Å². The third kappa shape index (κ3) is 5.67. The van der Waals surface area contributed by atoms with Gasteiger partial charge in [-0.05, 0) is 31.4 Å².